The molecule has 114 valence electrons. The van der Waals surface area contributed by atoms with Crippen molar-refractivity contribution in [3.63, 3.8) is 0 Å². The monoisotopic (exact) mass is 300 g/mol. The van der Waals surface area contributed by atoms with E-state index < -0.39 is 4.92 Å². The maximum absolute atomic E-state index is 11.0. The molecule has 2 rings (SSSR count). The van der Waals surface area contributed by atoms with E-state index in [0.717, 1.165) is 5.56 Å². The molecule has 0 spiro atoms. The molecule has 1 heterocycles. The van der Waals surface area contributed by atoms with E-state index in [1.54, 1.807) is 30.6 Å². The zero-order valence-corrected chi connectivity index (χ0v) is 12.1. The minimum absolute atomic E-state index is 0.00628. The van der Waals surface area contributed by atoms with Crippen molar-refractivity contribution in [3.05, 3.63) is 58.4 Å². The minimum atomic E-state index is -0.431. The van der Waals surface area contributed by atoms with Gasteiger partial charge in [-0.15, -0.1) is 0 Å². The molecule has 1 N–H and O–H groups in total. The molecule has 1 aromatic heterocycles. The Labute approximate surface area is 127 Å². The molecule has 7 heteroatoms. The van der Waals surface area contributed by atoms with Crippen LogP contribution < -0.4 is 5.32 Å². The van der Waals surface area contributed by atoms with Gasteiger partial charge in [0.25, 0.3) is 5.69 Å². The Morgan fingerprint density at radius 1 is 1.45 bits per heavy atom. The summed E-state index contributed by atoms with van der Waals surface area (Å²) in [6, 6.07) is 6.44. The molecule has 1 amide bonds. The molecule has 0 aliphatic rings. The first-order chi connectivity index (χ1) is 10.6. The van der Waals surface area contributed by atoms with Gasteiger partial charge in [0.2, 0.25) is 5.91 Å². The number of nitrogens with one attached hydrogen (secondary N) is 1. The third-order valence-electron chi connectivity index (χ3n) is 2.92. The van der Waals surface area contributed by atoms with Crippen LogP contribution in [0.2, 0.25) is 0 Å². The molecule has 7 nitrogen and oxygen atoms in total. The van der Waals surface area contributed by atoms with E-state index in [1.165, 1.54) is 17.7 Å². The summed E-state index contributed by atoms with van der Waals surface area (Å²) in [6.45, 7) is 2.05. The Kier molecular flexibility index (Phi) is 5.02. The van der Waals surface area contributed by atoms with Gasteiger partial charge in [0.15, 0.2) is 0 Å². The van der Waals surface area contributed by atoms with Crippen LogP contribution in [0.3, 0.4) is 0 Å². The Bertz CT molecular complexity index is 706. The van der Waals surface area contributed by atoms with Crippen molar-refractivity contribution in [3.8, 4) is 5.69 Å². The summed E-state index contributed by atoms with van der Waals surface area (Å²) >= 11 is 0. The van der Waals surface area contributed by atoms with Gasteiger partial charge in [0, 0.05) is 31.3 Å². The zero-order chi connectivity index (χ0) is 15.9. The van der Waals surface area contributed by atoms with E-state index in [2.05, 4.69) is 10.4 Å². The van der Waals surface area contributed by atoms with Gasteiger partial charge in [-0.25, -0.2) is 4.68 Å². The van der Waals surface area contributed by atoms with Crippen LogP contribution in [0.5, 0.6) is 0 Å². The van der Waals surface area contributed by atoms with Crippen LogP contribution in [0.25, 0.3) is 11.8 Å². The van der Waals surface area contributed by atoms with E-state index in [4.69, 9.17) is 0 Å². The predicted molar refractivity (Wildman–Crippen MR) is 82.6 cm³/mol. The summed E-state index contributed by atoms with van der Waals surface area (Å²) in [4.78, 5) is 21.3. The maximum Gasteiger partial charge on any atom is 0.294 e. The average molecular weight is 300 g/mol. The van der Waals surface area contributed by atoms with Crippen LogP contribution in [0, 0.1) is 10.1 Å². The van der Waals surface area contributed by atoms with Crippen molar-refractivity contribution in [2.75, 3.05) is 6.54 Å². The lowest BCUT2D eigenvalue weighted by Crippen LogP contribution is -2.20. The number of rotatable bonds is 6. The summed E-state index contributed by atoms with van der Waals surface area (Å²) in [5.74, 6) is -0.0578. The molecule has 0 saturated heterocycles. The van der Waals surface area contributed by atoms with Crippen LogP contribution in [-0.4, -0.2) is 27.2 Å². The van der Waals surface area contributed by atoms with E-state index in [-0.39, 0.29) is 11.6 Å². The maximum atomic E-state index is 11.0. The molecule has 0 unspecified atom stereocenters. The lowest BCUT2D eigenvalue weighted by molar-refractivity contribution is -0.384. The second-order valence-corrected chi connectivity index (χ2v) is 4.64. The third-order valence-corrected chi connectivity index (χ3v) is 2.92. The number of nitrogens with zero attached hydrogens (tertiary/aromatic N) is 3. The van der Waals surface area contributed by atoms with Gasteiger partial charge in [0.05, 0.1) is 11.1 Å². The molecular weight excluding hydrogens is 284 g/mol. The summed E-state index contributed by atoms with van der Waals surface area (Å²) in [6.07, 6.45) is 7.83. The number of para-hydroxylation sites is 2. The van der Waals surface area contributed by atoms with Crippen molar-refractivity contribution >= 4 is 17.7 Å². The van der Waals surface area contributed by atoms with Crippen LogP contribution in [0.4, 0.5) is 5.69 Å². The van der Waals surface area contributed by atoms with Crippen molar-refractivity contribution in [2.24, 2.45) is 0 Å². The molecule has 0 saturated carbocycles. The minimum Gasteiger partial charge on any atom is -0.356 e. The summed E-state index contributed by atoms with van der Waals surface area (Å²) < 4.78 is 1.48. The molecule has 0 atom stereocenters. The van der Waals surface area contributed by atoms with Crippen molar-refractivity contribution in [2.45, 2.75) is 13.3 Å². The first kappa shape index (κ1) is 15.4. The zero-order valence-electron chi connectivity index (χ0n) is 12.1. The fourth-order valence-electron chi connectivity index (χ4n) is 1.92. The second kappa shape index (κ2) is 7.16. The quantitative estimate of drug-likeness (QED) is 0.503. The van der Waals surface area contributed by atoms with Crippen LogP contribution in [0.15, 0.2) is 42.7 Å². The van der Waals surface area contributed by atoms with Crippen LogP contribution in [0.1, 0.15) is 18.9 Å². The molecule has 2 aromatic rings. The van der Waals surface area contributed by atoms with E-state index >= 15 is 0 Å². The fourth-order valence-corrected chi connectivity index (χ4v) is 1.92. The highest BCUT2D eigenvalue weighted by Crippen LogP contribution is 2.21. The number of hydrogen-bond acceptors (Lipinski definition) is 4. The second-order valence-electron chi connectivity index (χ2n) is 4.64. The van der Waals surface area contributed by atoms with E-state index in [0.29, 0.717) is 18.7 Å². The number of carbonyl (C=O) groups is 1. The predicted octanol–water partition coefficient (Wildman–Crippen LogP) is 2.32. The molecule has 22 heavy (non-hydrogen) atoms. The standard InChI is InChI=1S/C15H16N4O3/c1-12(20)16-9-5-4-6-13-10-17-18(11-13)14-7-2-3-8-15(14)19(21)22/h2-4,6-8,10-11H,5,9H2,1H3,(H,16,20). The van der Waals surface area contributed by atoms with Gasteiger partial charge < -0.3 is 5.32 Å². The van der Waals surface area contributed by atoms with Gasteiger partial charge in [-0.05, 0) is 12.5 Å². The molecule has 0 radical (unpaired) electrons. The number of aromatic nitrogens is 2. The number of amides is 1. The van der Waals surface area contributed by atoms with Gasteiger partial charge in [0.1, 0.15) is 5.69 Å². The first-order valence-corrected chi connectivity index (χ1v) is 6.77. The van der Waals surface area contributed by atoms with Gasteiger partial charge in [-0.3, -0.25) is 14.9 Å². The fraction of sp³-hybridized carbons (Fsp3) is 0.200. The SMILES string of the molecule is CC(=O)NCCC=Cc1cnn(-c2ccccc2[N+](=O)[O-])c1. The van der Waals surface area contributed by atoms with E-state index in [9.17, 15) is 14.9 Å². The van der Waals surface area contributed by atoms with Gasteiger partial charge in [-0.2, -0.15) is 5.10 Å². The van der Waals surface area contributed by atoms with Crippen molar-refractivity contribution in [1.29, 1.82) is 0 Å². The number of hydrogen-bond donors (Lipinski definition) is 1. The van der Waals surface area contributed by atoms with Crippen molar-refractivity contribution < 1.29 is 9.72 Å². The Morgan fingerprint density at radius 3 is 2.95 bits per heavy atom. The Balaban J connectivity index is 2.07. The molecule has 0 fully saturated rings. The summed E-state index contributed by atoms with van der Waals surface area (Å²) in [7, 11) is 0. The number of nitro benzene ring substituents is 1. The topological polar surface area (TPSA) is 90.1 Å². The Morgan fingerprint density at radius 2 is 2.23 bits per heavy atom. The van der Waals surface area contributed by atoms with Gasteiger partial charge >= 0.3 is 0 Å². The molecule has 0 aliphatic heterocycles. The third kappa shape index (κ3) is 4.02. The number of carbonyl (C=O) groups excluding carboxylic acids is 1. The van der Waals surface area contributed by atoms with E-state index in [1.807, 2.05) is 12.2 Å². The summed E-state index contributed by atoms with van der Waals surface area (Å²) in [5.41, 5.74) is 1.26. The number of nitro groups is 1. The average Bonchev–Trinajstić information content (AvgIpc) is 2.95. The molecule has 0 bridgehead atoms. The highest BCUT2D eigenvalue weighted by molar-refractivity contribution is 5.72. The van der Waals surface area contributed by atoms with Crippen LogP contribution in [-0.2, 0) is 4.79 Å². The highest BCUT2D eigenvalue weighted by atomic mass is 16.6. The summed E-state index contributed by atoms with van der Waals surface area (Å²) in [5, 5.41) is 17.9. The first-order valence-electron chi connectivity index (χ1n) is 6.77. The molecule has 1 aromatic carbocycles. The molecular formula is C15H16N4O3. The lowest BCUT2D eigenvalue weighted by Gasteiger charge is -2.01. The van der Waals surface area contributed by atoms with Crippen molar-refractivity contribution in [1.82, 2.24) is 15.1 Å². The lowest BCUT2D eigenvalue weighted by atomic mass is 10.2. The Hall–Kier alpha value is -2.96. The normalized spacial score (nSPS) is 10.8. The molecule has 0 aliphatic carbocycles. The van der Waals surface area contributed by atoms with Crippen LogP contribution >= 0.6 is 0 Å². The largest absolute Gasteiger partial charge is 0.356 e. The highest BCUT2D eigenvalue weighted by Gasteiger charge is 2.14. The number of benzene rings is 1. The van der Waals surface area contributed by atoms with Gasteiger partial charge in [-0.1, -0.05) is 24.3 Å². The smallest absolute Gasteiger partial charge is 0.294 e.